The first-order valence-corrected chi connectivity index (χ1v) is 9.09. The molecule has 1 unspecified atom stereocenters. The fraction of sp³-hybridized carbons (Fsp3) is 0.471. The zero-order valence-electron chi connectivity index (χ0n) is 13.7. The Hall–Kier alpha value is -1.44. The molecule has 1 saturated heterocycles. The lowest BCUT2D eigenvalue weighted by molar-refractivity contribution is -0.118. The van der Waals surface area contributed by atoms with Crippen molar-refractivity contribution in [1.29, 1.82) is 0 Å². The van der Waals surface area contributed by atoms with Gasteiger partial charge in [0.25, 0.3) is 0 Å². The van der Waals surface area contributed by atoms with Gasteiger partial charge in [-0.1, -0.05) is 28.1 Å². The summed E-state index contributed by atoms with van der Waals surface area (Å²) < 4.78 is 2.78. The number of halogens is 2. The number of hydrogen-bond acceptors (Lipinski definition) is 4. The van der Waals surface area contributed by atoms with Crippen molar-refractivity contribution in [3.63, 3.8) is 0 Å². The SMILES string of the molecule is Cl.O=C(Nc1ncn(Cc2cccc(Br)c2)n1)C1CC12CCNCC2. The summed E-state index contributed by atoms with van der Waals surface area (Å²) in [7, 11) is 0. The molecule has 1 atom stereocenters. The largest absolute Gasteiger partial charge is 0.317 e. The first-order chi connectivity index (χ1) is 11.6. The molecule has 1 amide bonds. The fourth-order valence-electron chi connectivity index (χ4n) is 3.64. The van der Waals surface area contributed by atoms with Crippen LogP contribution < -0.4 is 10.6 Å². The number of carbonyl (C=O) groups is 1. The predicted octanol–water partition coefficient (Wildman–Crippen LogP) is 2.84. The van der Waals surface area contributed by atoms with E-state index in [1.807, 2.05) is 24.3 Å². The second-order valence-corrected chi connectivity index (χ2v) is 7.67. The number of piperidine rings is 1. The number of rotatable bonds is 4. The van der Waals surface area contributed by atoms with Gasteiger partial charge in [0.05, 0.1) is 6.54 Å². The lowest BCUT2D eigenvalue weighted by Gasteiger charge is -2.22. The van der Waals surface area contributed by atoms with Crippen LogP contribution in [0.4, 0.5) is 5.95 Å². The molecule has 4 rings (SSSR count). The maximum absolute atomic E-state index is 12.4. The first kappa shape index (κ1) is 18.4. The van der Waals surface area contributed by atoms with E-state index in [0.29, 0.717) is 12.5 Å². The Morgan fingerprint density at radius 2 is 2.20 bits per heavy atom. The Morgan fingerprint density at radius 1 is 1.40 bits per heavy atom. The van der Waals surface area contributed by atoms with Crippen LogP contribution in [-0.4, -0.2) is 33.8 Å². The van der Waals surface area contributed by atoms with E-state index in [-0.39, 0.29) is 29.6 Å². The predicted molar refractivity (Wildman–Crippen MR) is 102 cm³/mol. The van der Waals surface area contributed by atoms with Gasteiger partial charge in [0.2, 0.25) is 11.9 Å². The summed E-state index contributed by atoms with van der Waals surface area (Å²) in [6.45, 7) is 2.66. The van der Waals surface area contributed by atoms with E-state index in [1.165, 1.54) is 0 Å². The molecule has 1 aliphatic heterocycles. The van der Waals surface area contributed by atoms with Crippen molar-refractivity contribution in [3.8, 4) is 0 Å². The first-order valence-electron chi connectivity index (χ1n) is 8.30. The Labute approximate surface area is 161 Å². The van der Waals surface area contributed by atoms with Gasteiger partial charge in [0.15, 0.2) is 0 Å². The van der Waals surface area contributed by atoms with Crippen LogP contribution in [0.2, 0.25) is 0 Å². The summed E-state index contributed by atoms with van der Waals surface area (Å²) in [6.07, 6.45) is 4.84. The van der Waals surface area contributed by atoms with Crippen molar-refractivity contribution < 1.29 is 4.79 Å². The molecule has 1 aromatic carbocycles. The van der Waals surface area contributed by atoms with Gasteiger partial charge in [-0.15, -0.1) is 17.5 Å². The van der Waals surface area contributed by atoms with Crippen LogP contribution in [0.25, 0.3) is 0 Å². The monoisotopic (exact) mass is 425 g/mol. The second kappa shape index (κ2) is 7.43. The smallest absolute Gasteiger partial charge is 0.248 e. The standard InChI is InChI=1S/C17H20BrN5O.ClH/c18-13-3-1-2-12(8-13)10-23-11-20-16(22-23)21-15(24)14-9-17(14)4-6-19-7-5-17;/h1-3,8,11,14,19H,4-7,9-10H2,(H,21,22,24);1H. The highest BCUT2D eigenvalue weighted by Gasteiger charge is 2.57. The third-order valence-electron chi connectivity index (χ3n) is 5.11. The van der Waals surface area contributed by atoms with Crippen molar-refractivity contribution in [2.45, 2.75) is 25.8 Å². The maximum Gasteiger partial charge on any atom is 0.248 e. The Balaban J connectivity index is 0.00000182. The minimum atomic E-state index is 0. The minimum Gasteiger partial charge on any atom is -0.317 e. The number of nitrogens with one attached hydrogen (secondary N) is 2. The molecular weight excluding hydrogens is 406 g/mol. The van der Waals surface area contributed by atoms with E-state index in [0.717, 1.165) is 42.4 Å². The molecule has 2 aliphatic rings. The van der Waals surface area contributed by atoms with Gasteiger partial charge in [0, 0.05) is 10.4 Å². The van der Waals surface area contributed by atoms with Gasteiger partial charge in [0.1, 0.15) is 6.33 Å². The highest BCUT2D eigenvalue weighted by atomic mass is 79.9. The molecular formula is C17H21BrClN5O. The highest BCUT2D eigenvalue weighted by Crippen LogP contribution is 2.58. The van der Waals surface area contributed by atoms with Gasteiger partial charge in [-0.25, -0.2) is 9.67 Å². The number of hydrogen-bond donors (Lipinski definition) is 2. The fourth-order valence-corrected chi connectivity index (χ4v) is 4.09. The summed E-state index contributed by atoms with van der Waals surface area (Å²) in [5.74, 6) is 0.583. The van der Waals surface area contributed by atoms with Crippen LogP contribution in [0.1, 0.15) is 24.8 Å². The quantitative estimate of drug-likeness (QED) is 0.788. The van der Waals surface area contributed by atoms with E-state index in [2.05, 4.69) is 36.6 Å². The molecule has 6 nitrogen and oxygen atoms in total. The zero-order valence-corrected chi connectivity index (χ0v) is 16.1. The van der Waals surface area contributed by atoms with E-state index < -0.39 is 0 Å². The molecule has 134 valence electrons. The van der Waals surface area contributed by atoms with Gasteiger partial charge < -0.3 is 5.32 Å². The van der Waals surface area contributed by atoms with Crippen molar-refractivity contribution in [1.82, 2.24) is 20.1 Å². The van der Waals surface area contributed by atoms with Crippen molar-refractivity contribution in [2.75, 3.05) is 18.4 Å². The average molecular weight is 427 g/mol. The summed E-state index contributed by atoms with van der Waals surface area (Å²) in [6, 6.07) is 8.06. The second-order valence-electron chi connectivity index (χ2n) is 6.75. The van der Waals surface area contributed by atoms with E-state index in [4.69, 9.17) is 0 Å². The van der Waals surface area contributed by atoms with Crippen LogP contribution in [0.5, 0.6) is 0 Å². The molecule has 8 heteroatoms. The van der Waals surface area contributed by atoms with E-state index in [1.54, 1.807) is 11.0 Å². The van der Waals surface area contributed by atoms with Crippen LogP contribution in [0, 0.1) is 11.3 Å². The molecule has 0 radical (unpaired) electrons. The molecule has 1 aliphatic carbocycles. The third-order valence-corrected chi connectivity index (χ3v) is 5.60. The molecule has 2 heterocycles. The van der Waals surface area contributed by atoms with Crippen molar-refractivity contribution in [2.24, 2.45) is 11.3 Å². The topological polar surface area (TPSA) is 71.8 Å². The summed E-state index contributed by atoms with van der Waals surface area (Å²) in [5.41, 5.74) is 1.36. The van der Waals surface area contributed by atoms with Gasteiger partial charge in [-0.2, -0.15) is 0 Å². The summed E-state index contributed by atoms with van der Waals surface area (Å²) in [4.78, 5) is 16.6. The van der Waals surface area contributed by atoms with Crippen LogP contribution in [-0.2, 0) is 11.3 Å². The van der Waals surface area contributed by atoms with Gasteiger partial charge in [-0.3, -0.25) is 10.1 Å². The highest BCUT2D eigenvalue weighted by molar-refractivity contribution is 9.10. The number of amides is 1. The van der Waals surface area contributed by atoms with E-state index in [9.17, 15) is 4.79 Å². The summed E-state index contributed by atoms with van der Waals surface area (Å²) >= 11 is 3.46. The van der Waals surface area contributed by atoms with Crippen LogP contribution in [0.3, 0.4) is 0 Å². The number of benzene rings is 1. The number of nitrogens with zero attached hydrogens (tertiary/aromatic N) is 3. The normalized spacial score (nSPS) is 20.8. The van der Waals surface area contributed by atoms with Crippen LogP contribution in [0.15, 0.2) is 35.1 Å². The Morgan fingerprint density at radius 3 is 2.96 bits per heavy atom. The molecule has 0 bridgehead atoms. The average Bonchev–Trinajstić information content (AvgIpc) is 3.07. The van der Waals surface area contributed by atoms with Crippen LogP contribution >= 0.6 is 28.3 Å². The maximum atomic E-state index is 12.4. The Bertz CT molecular complexity index is 759. The lowest BCUT2D eigenvalue weighted by atomic mass is 9.92. The Kier molecular flexibility index (Phi) is 5.46. The lowest BCUT2D eigenvalue weighted by Crippen LogP contribution is -2.31. The molecule has 1 saturated carbocycles. The van der Waals surface area contributed by atoms with Crippen molar-refractivity contribution in [3.05, 3.63) is 40.6 Å². The number of anilines is 1. The number of carbonyl (C=O) groups excluding carboxylic acids is 1. The molecule has 25 heavy (non-hydrogen) atoms. The number of aromatic nitrogens is 3. The minimum absolute atomic E-state index is 0. The molecule has 2 aromatic rings. The van der Waals surface area contributed by atoms with Crippen molar-refractivity contribution >= 4 is 40.2 Å². The summed E-state index contributed by atoms with van der Waals surface area (Å²) in [5, 5.41) is 10.6. The van der Waals surface area contributed by atoms with E-state index >= 15 is 0 Å². The van der Waals surface area contributed by atoms with Gasteiger partial charge >= 0.3 is 0 Å². The molecule has 2 N–H and O–H groups in total. The molecule has 2 fully saturated rings. The zero-order chi connectivity index (χ0) is 16.6. The van der Waals surface area contributed by atoms with Gasteiger partial charge in [-0.05, 0) is 55.5 Å². The molecule has 1 spiro atoms. The molecule has 1 aromatic heterocycles. The third kappa shape index (κ3) is 4.04.